The number of rotatable bonds is 1. The molecule has 2 N–H and O–H groups in total. The van der Waals surface area contributed by atoms with Gasteiger partial charge in [0.2, 0.25) is 5.88 Å². The smallest absolute Gasteiger partial charge is 0.421 e. The normalized spacial score (nSPS) is 10.6. The van der Waals surface area contributed by atoms with Crippen LogP contribution >= 0.6 is 0 Å². The van der Waals surface area contributed by atoms with Crippen LogP contribution in [0.4, 0.5) is 13.2 Å². The second-order valence-electron chi connectivity index (χ2n) is 2.78. The Morgan fingerprint density at radius 2 is 2.19 bits per heavy atom. The highest BCUT2D eigenvalue weighted by Crippen LogP contribution is 2.35. The third-order valence-corrected chi connectivity index (χ3v) is 1.68. The first-order chi connectivity index (χ1) is 7.49. The number of ether oxygens (including phenoxy) is 1. The Hall–Kier alpha value is -1.74. The summed E-state index contributed by atoms with van der Waals surface area (Å²) in [5.41, 5.74) is 4.32. The number of methoxy groups -OCH3 is 1. The number of hydrogen-bond acceptors (Lipinski definition) is 3. The number of hydrogen-bond donors (Lipinski definition) is 1. The second kappa shape index (κ2) is 4.86. The topological polar surface area (TPSA) is 48.1 Å². The van der Waals surface area contributed by atoms with Crippen molar-refractivity contribution in [3.8, 4) is 17.7 Å². The van der Waals surface area contributed by atoms with Gasteiger partial charge in [0, 0.05) is 11.8 Å². The molecule has 0 amide bonds. The van der Waals surface area contributed by atoms with Gasteiger partial charge in [-0.1, -0.05) is 11.8 Å². The summed E-state index contributed by atoms with van der Waals surface area (Å²) in [6.07, 6.45) is -3.31. The first-order valence-corrected chi connectivity index (χ1v) is 4.29. The van der Waals surface area contributed by atoms with Gasteiger partial charge in [-0.25, -0.2) is 4.98 Å². The third-order valence-electron chi connectivity index (χ3n) is 1.68. The summed E-state index contributed by atoms with van der Waals surface area (Å²) in [5, 5.41) is 0. The Morgan fingerprint density at radius 3 is 2.69 bits per heavy atom. The molecule has 1 aromatic heterocycles. The molecule has 0 bridgehead atoms. The zero-order chi connectivity index (χ0) is 12.2. The van der Waals surface area contributed by atoms with Crippen LogP contribution in [0.5, 0.6) is 5.88 Å². The summed E-state index contributed by atoms with van der Waals surface area (Å²) in [5.74, 6) is 4.46. The van der Waals surface area contributed by atoms with Crippen LogP contribution in [0, 0.1) is 11.8 Å². The van der Waals surface area contributed by atoms with Crippen LogP contribution in [0.2, 0.25) is 0 Å². The lowest BCUT2D eigenvalue weighted by molar-refractivity contribution is -0.139. The lowest BCUT2D eigenvalue weighted by Gasteiger charge is -2.10. The molecule has 0 aliphatic heterocycles. The largest absolute Gasteiger partial charge is 0.481 e. The zero-order valence-corrected chi connectivity index (χ0v) is 8.43. The molecular weight excluding hydrogens is 221 g/mol. The standard InChI is InChI=1S/C10H9F3N2O/c1-16-9-8(10(11,12)13)5-7(6-15-9)3-2-4-14/h5-6H,4,14H2,1H3. The maximum Gasteiger partial charge on any atom is 0.421 e. The molecule has 0 spiro atoms. The number of nitrogens with zero attached hydrogens (tertiary/aromatic N) is 1. The molecule has 1 heterocycles. The summed E-state index contributed by atoms with van der Waals surface area (Å²) in [6, 6.07) is 0.883. The summed E-state index contributed by atoms with van der Waals surface area (Å²) in [4.78, 5) is 3.53. The van der Waals surface area contributed by atoms with E-state index in [2.05, 4.69) is 21.6 Å². The minimum atomic E-state index is -4.52. The average Bonchev–Trinajstić information content (AvgIpc) is 2.24. The van der Waals surface area contributed by atoms with Crippen LogP contribution in [0.1, 0.15) is 11.1 Å². The minimum absolute atomic E-state index is 0.0768. The quantitative estimate of drug-likeness (QED) is 0.742. The summed E-state index contributed by atoms with van der Waals surface area (Å²) in [7, 11) is 1.13. The van der Waals surface area contributed by atoms with Crippen LogP contribution < -0.4 is 10.5 Å². The van der Waals surface area contributed by atoms with Crippen LogP contribution in [-0.2, 0) is 6.18 Å². The highest BCUT2D eigenvalue weighted by atomic mass is 19.4. The van der Waals surface area contributed by atoms with Crippen molar-refractivity contribution in [3.63, 3.8) is 0 Å². The SMILES string of the molecule is COc1ncc(C#CCN)cc1C(F)(F)F. The molecule has 3 nitrogen and oxygen atoms in total. The summed E-state index contributed by atoms with van der Waals surface area (Å²) in [6.45, 7) is 0.0768. The van der Waals surface area contributed by atoms with E-state index in [1.165, 1.54) is 6.20 Å². The minimum Gasteiger partial charge on any atom is -0.481 e. The average molecular weight is 230 g/mol. The van der Waals surface area contributed by atoms with Gasteiger partial charge in [-0.3, -0.25) is 0 Å². The number of halogens is 3. The summed E-state index contributed by atoms with van der Waals surface area (Å²) >= 11 is 0. The molecule has 0 saturated carbocycles. The molecule has 1 rings (SSSR count). The number of nitrogens with two attached hydrogens (primary N) is 1. The Labute approximate surface area is 90.4 Å². The molecule has 0 atom stereocenters. The molecule has 16 heavy (non-hydrogen) atoms. The van der Waals surface area contributed by atoms with Crippen molar-refractivity contribution in [1.29, 1.82) is 0 Å². The van der Waals surface area contributed by atoms with E-state index in [4.69, 9.17) is 5.73 Å². The molecular formula is C10H9F3N2O. The maximum absolute atomic E-state index is 12.5. The third kappa shape index (κ3) is 2.87. The second-order valence-corrected chi connectivity index (χ2v) is 2.78. The van der Waals surface area contributed by atoms with Crippen LogP contribution in [0.3, 0.4) is 0 Å². The highest BCUT2D eigenvalue weighted by Gasteiger charge is 2.35. The van der Waals surface area contributed by atoms with E-state index in [9.17, 15) is 13.2 Å². The van der Waals surface area contributed by atoms with E-state index in [1.54, 1.807) is 0 Å². The predicted molar refractivity (Wildman–Crippen MR) is 51.7 cm³/mol. The predicted octanol–water partition coefficient (Wildman–Crippen LogP) is 1.42. The molecule has 86 valence electrons. The van der Waals surface area contributed by atoms with Crippen molar-refractivity contribution in [2.75, 3.05) is 13.7 Å². The summed E-state index contributed by atoms with van der Waals surface area (Å²) < 4.78 is 42.2. The van der Waals surface area contributed by atoms with Crippen molar-refractivity contribution >= 4 is 0 Å². The van der Waals surface area contributed by atoms with Crippen molar-refractivity contribution in [3.05, 3.63) is 23.4 Å². The fourth-order valence-corrected chi connectivity index (χ4v) is 1.04. The molecule has 0 saturated heterocycles. The van der Waals surface area contributed by atoms with Crippen LogP contribution in [0.25, 0.3) is 0 Å². The molecule has 0 aliphatic rings. The van der Waals surface area contributed by atoms with Gasteiger partial charge in [0.25, 0.3) is 0 Å². The lowest BCUT2D eigenvalue weighted by Crippen LogP contribution is -2.09. The highest BCUT2D eigenvalue weighted by molar-refractivity contribution is 5.40. The molecule has 0 aromatic carbocycles. The van der Waals surface area contributed by atoms with Crippen molar-refractivity contribution in [2.24, 2.45) is 5.73 Å². The fourth-order valence-electron chi connectivity index (χ4n) is 1.04. The maximum atomic E-state index is 12.5. The number of aromatic nitrogens is 1. The van der Waals surface area contributed by atoms with Gasteiger partial charge in [0.05, 0.1) is 13.7 Å². The Balaban J connectivity index is 3.22. The van der Waals surface area contributed by atoms with E-state index >= 15 is 0 Å². The van der Waals surface area contributed by atoms with E-state index < -0.39 is 17.6 Å². The number of alkyl halides is 3. The van der Waals surface area contributed by atoms with Gasteiger partial charge in [-0.2, -0.15) is 13.2 Å². The van der Waals surface area contributed by atoms with Gasteiger partial charge in [0.15, 0.2) is 0 Å². The Bertz CT molecular complexity index is 432. The molecule has 1 aromatic rings. The molecule has 0 radical (unpaired) electrons. The molecule has 0 fully saturated rings. The van der Waals surface area contributed by atoms with E-state index in [1.807, 2.05) is 0 Å². The fraction of sp³-hybridized carbons (Fsp3) is 0.300. The van der Waals surface area contributed by atoms with Gasteiger partial charge in [0.1, 0.15) is 5.56 Å². The van der Waals surface area contributed by atoms with E-state index in [0.717, 1.165) is 13.2 Å². The van der Waals surface area contributed by atoms with Crippen molar-refractivity contribution in [1.82, 2.24) is 4.98 Å². The van der Waals surface area contributed by atoms with Gasteiger partial charge >= 0.3 is 6.18 Å². The zero-order valence-electron chi connectivity index (χ0n) is 8.43. The van der Waals surface area contributed by atoms with E-state index in [-0.39, 0.29) is 12.1 Å². The van der Waals surface area contributed by atoms with Crippen LogP contribution in [0.15, 0.2) is 12.3 Å². The lowest BCUT2D eigenvalue weighted by atomic mass is 10.2. The number of pyridine rings is 1. The first-order valence-electron chi connectivity index (χ1n) is 4.29. The van der Waals surface area contributed by atoms with E-state index in [0.29, 0.717) is 0 Å². The molecule has 0 aliphatic carbocycles. The van der Waals surface area contributed by atoms with Crippen molar-refractivity contribution < 1.29 is 17.9 Å². The van der Waals surface area contributed by atoms with Crippen LogP contribution in [-0.4, -0.2) is 18.6 Å². The van der Waals surface area contributed by atoms with Gasteiger partial charge in [-0.15, -0.1) is 0 Å². The molecule has 0 unspecified atom stereocenters. The monoisotopic (exact) mass is 230 g/mol. The van der Waals surface area contributed by atoms with Crippen molar-refractivity contribution in [2.45, 2.75) is 6.18 Å². The Morgan fingerprint density at radius 1 is 1.50 bits per heavy atom. The van der Waals surface area contributed by atoms with Gasteiger partial charge < -0.3 is 10.5 Å². The molecule has 6 heteroatoms. The first kappa shape index (κ1) is 12.3. The van der Waals surface area contributed by atoms with Gasteiger partial charge in [-0.05, 0) is 6.07 Å². The Kier molecular flexibility index (Phi) is 3.74.